The van der Waals surface area contributed by atoms with Crippen LogP contribution in [0.2, 0.25) is 0 Å². The van der Waals surface area contributed by atoms with E-state index >= 15 is 0 Å². The van der Waals surface area contributed by atoms with Gasteiger partial charge in [-0.3, -0.25) is 0 Å². The zero-order chi connectivity index (χ0) is 8.95. The van der Waals surface area contributed by atoms with Crippen molar-refractivity contribution in [3.8, 4) is 6.07 Å². The van der Waals surface area contributed by atoms with Crippen LogP contribution in [0.5, 0.6) is 0 Å². The Labute approximate surface area is 69.9 Å². The maximum absolute atomic E-state index is 8.37. The summed E-state index contributed by atoms with van der Waals surface area (Å²) in [7, 11) is 0. The average Bonchev–Trinajstić information content (AvgIpc) is 2.00. The van der Waals surface area contributed by atoms with Crippen LogP contribution in [0.25, 0.3) is 0 Å². The van der Waals surface area contributed by atoms with E-state index in [2.05, 4.69) is 6.92 Å². The fourth-order valence-electron chi connectivity index (χ4n) is 0.715. The Bertz CT molecular complexity index is 80.1. The molecule has 0 saturated carbocycles. The molecule has 0 aromatic rings. The van der Waals surface area contributed by atoms with E-state index in [0.29, 0.717) is 6.61 Å². The van der Waals surface area contributed by atoms with Crippen LogP contribution in [0.15, 0.2) is 0 Å². The molecule has 0 saturated heterocycles. The maximum atomic E-state index is 8.37. The van der Waals surface area contributed by atoms with E-state index in [9.17, 15) is 0 Å². The van der Waals surface area contributed by atoms with E-state index in [4.69, 9.17) is 10.4 Å². The summed E-state index contributed by atoms with van der Waals surface area (Å²) < 4.78 is 0. The van der Waals surface area contributed by atoms with Crippen molar-refractivity contribution in [1.82, 2.24) is 0 Å². The third kappa shape index (κ3) is 26.5. The van der Waals surface area contributed by atoms with Crippen molar-refractivity contribution in [2.75, 3.05) is 6.61 Å². The lowest BCUT2D eigenvalue weighted by Crippen LogP contribution is -1.81. The highest BCUT2D eigenvalue weighted by atomic mass is 16.2. The smallest absolute Gasteiger partial charge is 0.0587 e. The molecule has 0 heterocycles. The Balaban J connectivity index is 0. The molecule has 0 amide bonds. The predicted octanol–water partition coefficient (Wildman–Crippen LogP) is 2.48. The van der Waals surface area contributed by atoms with E-state index in [1.54, 1.807) is 6.07 Å². The number of hydrogen-bond acceptors (Lipinski definition) is 2. The number of hydrogen-bond donors (Lipinski definition) is 1. The van der Waals surface area contributed by atoms with Crippen LogP contribution in [0.1, 0.15) is 46.0 Å². The molecule has 0 aliphatic carbocycles. The van der Waals surface area contributed by atoms with Crippen LogP contribution in [0, 0.1) is 11.3 Å². The number of aliphatic hydroxyl groups excluding tert-OH is 1. The SMILES string of the molecule is CC#N.CCCCCCCO. The Morgan fingerprint density at radius 3 is 2.00 bits per heavy atom. The van der Waals surface area contributed by atoms with E-state index in [0.717, 1.165) is 6.42 Å². The number of rotatable bonds is 5. The molecule has 0 spiro atoms. The summed E-state index contributed by atoms with van der Waals surface area (Å²) in [5.74, 6) is 0. The maximum Gasteiger partial charge on any atom is 0.0587 e. The first kappa shape index (κ1) is 13.1. The van der Waals surface area contributed by atoms with Gasteiger partial charge in [-0.2, -0.15) is 5.26 Å². The molecule has 0 unspecified atom stereocenters. The molecule has 66 valence electrons. The van der Waals surface area contributed by atoms with Gasteiger partial charge in [0.2, 0.25) is 0 Å². The fourth-order valence-corrected chi connectivity index (χ4v) is 0.715. The lowest BCUT2D eigenvalue weighted by molar-refractivity contribution is 0.282. The van der Waals surface area contributed by atoms with Gasteiger partial charge in [-0.15, -0.1) is 0 Å². The normalized spacial score (nSPS) is 7.82. The molecular formula is C9H19NO. The molecule has 1 N–H and O–H groups in total. The minimum Gasteiger partial charge on any atom is -0.396 e. The summed E-state index contributed by atoms with van der Waals surface area (Å²) in [5.41, 5.74) is 0. The van der Waals surface area contributed by atoms with Gasteiger partial charge in [-0.25, -0.2) is 0 Å². The van der Waals surface area contributed by atoms with Gasteiger partial charge in [0.25, 0.3) is 0 Å². The first-order valence-corrected chi connectivity index (χ1v) is 4.25. The van der Waals surface area contributed by atoms with Gasteiger partial charge in [0.05, 0.1) is 6.07 Å². The monoisotopic (exact) mass is 157 g/mol. The first-order chi connectivity index (χ1) is 5.33. The fraction of sp³-hybridized carbons (Fsp3) is 0.889. The van der Waals surface area contributed by atoms with Crippen LogP contribution in [-0.4, -0.2) is 11.7 Å². The van der Waals surface area contributed by atoms with Crippen LogP contribution in [0.4, 0.5) is 0 Å². The molecule has 0 fully saturated rings. The Morgan fingerprint density at radius 2 is 1.64 bits per heavy atom. The third-order valence-electron chi connectivity index (χ3n) is 1.26. The van der Waals surface area contributed by atoms with E-state index < -0.39 is 0 Å². The van der Waals surface area contributed by atoms with E-state index in [1.165, 1.54) is 32.6 Å². The zero-order valence-electron chi connectivity index (χ0n) is 7.64. The second-order valence-corrected chi connectivity index (χ2v) is 2.36. The molecule has 0 aliphatic heterocycles. The standard InChI is InChI=1S/C7H16O.C2H3N/c1-2-3-4-5-6-7-8;1-2-3/h8H,2-7H2,1H3;1H3. The van der Waals surface area contributed by atoms with Crippen molar-refractivity contribution in [3.63, 3.8) is 0 Å². The molecule has 11 heavy (non-hydrogen) atoms. The van der Waals surface area contributed by atoms with Crippen molar-refractivity contribution in [1.29, 1.82) is 5.26 Å². The van der Waals surface area contributed by atoms with Crippen LogP contribution in [0.3, 0.4) is 0 Å². The van der Waals surface area contributed by atoms with Gasteiger partial charge >= 0.3 is 0 Å². The lowest BCUT2D eigenvalue weighted by Gasteiger charge is -1.93. The molecule has 2 heteroatoms. The molecule has 0 bridgehead atoms. The highest BCUT2D eigenvalue weighted by molar-refractivity contribution is 4.51. The second-order valence-electron chi connectivity index (χ2n) is 2.36. The van der Waals surface area contributed by atoms with Crippen molar-refractivity contribution < 1.29 is 5.11 Å². The van der Waals surface area contributed by atoms with E-state index in [-0.39, 0.29) is 0 Å². The molecule has 0 aromatic carbocycles. The first-order valence-electron chi connectivity index (χ1n) is 4.25. The van der Waals surface area contributed by atoms with Gasteiger partial charge < -0.3 is 5.11 Å². The van der Waals surface area contributed by atoms with Crippen molar-refractivity contribution in [3.05, 3.63) is 0 Å². The topological polar surface area (TPSA) is 44.0 Å². The molecule has 0 atom stereocenters. The average molecular weight is 157 g/mol. The number of aliphatic hydroxyl groups is 1. The zero-order valence-corrected chi connectivity index (χ0v) is 7.64. The Hall–Kier alpha value is -0.550. The van der Waals surface area contributed by atoms with Gasteiger partial charge in [0, 0.05) is 13.5 Å². The largest absolute Gasteiger partial charge is 0.396 e. The van der Waals surface area contributed by atoms with Gasteiger partial charge in [0.1, 0.15) is 0 Å². The Morgan fingerprint density at radius 1 is 1.18 bits per heavy atom. The second kappa shape index (κ2) is 16.2. The molecule has 0 radical (unpaired) electrons. The minimum atomic E-state index is 0.365. The lowest BCUT2D eigenvalue weighted by atomic mass is 10.2. The molecule has 0 rings (SSSR count). The highest BCUT2D eigenvalue weighted by Crippen LogP contribution is 2.00. The third-order valence-corrected chi connectivity index (χ3v) is 1.26. The summed E-state index contributed by atoms with van der Waals surface area (Å²) in [4.78, 5) is 0. The van der Waals surface area contributed by atoms with Gasteiger partial charge in [-0.05, 0) is 6.42 Å². The summed E-state index contributed by atoms with van der Waals surface area (Å²) >= 11 is 0. The van der Waals surface area contributed by atoms with Crippen molar-refractivity contribution in [2.45, 2.75) is 46.0 Å². The predicted molar refractivity (Wildman–Crippen MR) is 47.1 cm³/mol. The minimum absolute atomic E-state index is 0.365. The number of nitriles is 1. The molecular weight excluding hydrogens is 138 g/mol. The molecule has 0 aromatic heterocycles. The Kier molecular flexibility index (Phi) is 19.3. The summed E-state index contributed by atoms with van der Waals surface area (Å²) in [6, 6.07) is 1.75. The van der Waals surface area contributed by atoms with E-state index in [1.807, 2.05) is 0 Å². The van der Waals surface area contributed by atoms with Gasteiger partial charge in [-0.1, -0.05) is 32.6 Å². The molecule has 0 aliphatic rings. The summed E-state index contributed by atoms with van der Waals surface area (Å²) in [6.07, 6.45) is 6.08. The summed E-state index contributed by atoms with van der Waals surface area (Å²) in [6.45, 7) is 3.99. The molecule has 2 nitrogen and oxygen atoms in total. The van der Waals surface area contributed by atoms with Crippen LogP contribution < -0.4 is 0 Å². The van der Waals surface area contributed by atoms with Gasteiger partial charge in [0.15, 0.2) is 0 Å². The van der Waals surface area contributed by atoms with Crippen molar-refractivity contribution >= 4 is 0 Å². The number of nitrogens with zero attached hydrogens (tertiary/aromatic N) is 1. The number of unbranched alkanes of at least 4 members (excludes halogenated alkanes) is 4. The quantitative estimate of drug-likeness (QED) is 0.623. The van der Waals surface area contributed by atoms with Crippen LogP contribution >= 0.6 is 0 Å². The van der Waals surface area contributed by atoms with Crippen LogP contribution in [-0.2, 0) is 0 Å². The summed E-state index contributed by atoms with van der Waals surface area (Å²) in [5, 5.41) is 15.7. The van der Waals surface area contributed by atoms with Crippen molar-refractivity contribution in [2.24, 2.45) is 0 Å². The highest BCUT2D eigenvalue weighted by Gasteiger charge is 1.84.